The lowest BCUT2D eigenvalue weighted by Gasteiger charge is -2.45. The van der Waals surface area contributed by atoms with E-state index in [4.69, 9.17) is 0 Å². The second kappa shape index (κ2) is 3.08. The topological polar surface area (TPSA) is 70.0 Å². The van der Waals surface area contributed by atoms with Crippen molar-refractivity contribution in [2.45, 2.75) is 17.4 Å². The van der Waals surface area contributed by atoms with E-state index in [1.165, 1.54) is 0 Å². The van der Waals surface area contributed by atoms with Gasteiger partial charge in [-0.2, -0.15) is 8.42 Å². The fourth-order valence-electron chi connectivity index (χ4n) is 2.24. The highest BCUT2D eigenvalue weighted by molar-refractivity contribution is 7.90. The van der Waals surface area contributed by atoms with Crippen LogP contribution in [-0.4, -0.2) is 43.0 Å². The minimum absolute atomic E-state index is 0.251. The lowest BCUT2D eigenvalue weighted by molar-refractivity contribution is -0.0492. The number of aliphatic hydroxyl groups is 1. The van der Waals surface area contributed by atoms with Crippen LogP contribution in [0.4, 0.5) is 0 Å². The summed E-state index contributed by atoms with van der Waals surface area (Å²) < 4.78 is 27.4. The van der Waals surface area contributed by atoms with E-state index in [0.717, 1.165) is 0 Å². The SMILES string of the molecule is CC1(O)CN(C2=NS(=O)(=O)c3ccccc32)C1. The fraction of sp³-hybridized carbons (Fsp3) is 0.364. The number of likely N-dealkylation sites (tertiary alicyclic amines) is 1. The lowest BCUT2D eigenvalue weighted by atomic mass is 9.96. The number of sulfonamides is 1. The molecule has 0 aromatic heterocycles. The molecule has 1 aromatic rings. The van der Waals surface area contributed by atoms with Gasteiger partial charge >= 0.3 is 0 Å². The van der Waals surface area contributed by atoms with Gasteiger partial charge in [0.2, 0.25) is 0 Å². The highest BCUT2D eigenvalue weighted by Gasteiger charge is 2.42. The first-order valence-corrected chi connectivity index (χ1v) is 6.75. The summed E-state index contributed by atoms with van der Waals surface area (Å²) in [6.07, 6.45) is 0. The van der Waals surface area contributed by atoms with Gasteiger partial charge in [0, 0.05) is 18.7 Å². The molecular formula is C11H12N2O3S. The molecule has 90 valence electrons. The van der Waals surface area contributed by atoms with Gasteiger partial charge in [-0.3, -0.25) is 0 Å². The number of amidine groups is 1. The number of nitrogens with zero attached hydrogens (tertiary/aromatic N) is 2. The Morgan fingerprint density at radius 1 is 1.35 bits per heavy atom. The number of hydrogen-bond donors (Lipinski definition) is 1. The predicted molar refractivity (Wildman–Crippen MR) is 62.4 cm³/mol. The third-order valence-corrected chi connectivity index (χ3v) is 4.30. The summed E-state index contributed by atoms with van der Waals surface area (Å²) >= 11 is 0. The molecule has 2 aliphatic heterocycles. The maximum absolute atomic E-state index is 11.8. The van der Waals surface area contributed by atoms with E-state index in [-0.39, 0.29) is 4.90 Å². The molecule has 0 saturated carbocycles. The van der Waals surface area contributed by atoms with E-state index >= 15 is 0 Å². The van der Waals surface area contributed by atoms with Gasteiger partial charge in [-0.15, -0.1) is 4.40 Å². The third kappa shape index (κ3) is 1.56. The van der Waals surface area contributed by atoms with Gasteiger partial charge in [-0.25, -0.2) is 0 Å². The summed E-state index contributed by atoms with van der Waals surface area (Å²) in [5.74, 6) is 0.451. The maximum Gasteiger partial charge on any atom is 0.285 e. The molecule has 0 radical (unpaired) electrons. The van der Waals surface area contributed by atoms with Gasteiger partial charge in [0.1, 0.15) is 4.90 Å². The van der Waals surface area contributed by atoms with Crippen molar-refractivity contribution in [1.82, 2.24) is 4.90 Å². The number of fused-ring (bicyclic) bond motifs is 1. The van der Waals surface area contributed by atoms with Crippen LogP contribution < -0.4 is 0 Å². The average Bonchev–Trinajstić information content (AvgIpc) is 2.48. The summed E-state index contributed by atoms with van der Waals surface area (Å²) in [5.41, 5.74) is -0.118. The van der Waals surface area contributed by atoms with Crippen LogP contribution in [0, 0.1) is 0 Å². The molecule has 0 unspecified atom stereocenters. The number of hydrogen-bond acceptors (Lipinski definition) is 4. The molecule has 2 aliphatic rings. The quantitative estimate of drug-likeness (QED) is 0.716. The largest absolute Gasteiger partial charge is 0.386 e. The van der Waals surface area contributed by atoms with Gasteiger partial charge in [0.15, 0.2) is 5.84 Å². The molecule has 3 rings (SSSR count). The summed E-state index contributed by atoms with van der Waals surface area (Å²) in [6, 6.07) is 6.76. The van der Waals surface area contributed by atoms with Crippen molar-refractivity contribution in [3.05, 3.63) is 29.8 Å². The molecule has 1 fully saturated rings. The number of β-amino-alcohol motifs (C(OH)–C–C–N with tert-alkyl or cyclic N) is 1. The predicted octanol–water partition coefficient (Wildman–Crippen LogP) is 0.202. The van der Waals surface area contributed by atoms with Crippen molar-refractivity contribution in [3.8, 4) is 0 Å². The molecule has 2 heterocycles. The Morgan fingerprint density at radius 3 is 2.65 bits per heavy atom. The second-order valence-electron chi connectivity index (χ2n) is 4.74. The molecule has 0 bridgehead atoms. The first kappa shape index (κ1) is 10.7. The Kier molecular flexibility index (Phi) is 1.95. The first-order chi connectivity index (χ1) is 7.89. The molecule has 0 amide bonds. The number of benzene rings is 1. The van der Waals surface area contributed by atoms with E-state index in [1.807, 2.05) is 0 Å². The van der Waals surface area contributed by atoms with Crippen LogP contribution in [0.15, 0.2) is 33.6 Å². The Hall–Kier alpha value is -1.40. The van der Waals surface area contributed by atoms with Crippen molar-refractivity contribution in [2.24, 2.45) is 4.40 Å². The average molecular weight is 252 g/mol. The normalized spacial score (nSPS) is 23.9. The first-order valence-electron chi connectivity index (χ1n) is 5.31. The highest BCUT2D eigenvalue weighted by Crippen LogP contribution is 2.31. The highest BCUT2D eigenvalue weighted by atomic mass is 32.2. The van der Waals surface area contributed by atoms with Crippen LogP contribution >= 0.6 is 0 Å². The smallest absolute Gasteiger partial charge is 0.285 e. The molecule has 6 heteroatoms. The Balaban J connectivity index is 2.04. The minimum atomic E-state index is -3.55. The van der Waals surface area contributed by atoms with Crippen LogP contribution in [0.5, 0.6) is 0 Å². The third-order valence-electron chi connectivity index (χ3n) is 2.98. The van der Waals surface area contributed by atoms with E-state index < -0.39 is 15.6 Å². The van der Waals surface area contributed by atoms with Crippen molar-refractivity contribution in [1.29, 1.82) is 0 Å². The molecule has 0 atom stereocenters. The minimum Gasteiger partial charge on any atom is -0.386 e. The molecule has 0 spiro atoms. The maximum atomic E-state index is 11.8. The Morgan fingerprint density at radius 2 is 2.00 bits per heavy atom. The molecule has 0 aliphatic carbocycles. The molecule has 5 nitrogen and oxygen atoms in total. The molecule has 1 N–H and O–H groups in total. The van der Waals surface area contributed by atoms with Crippen LogP contribution in [0.1, 0.15) is 12.5 Å². The Labute approximate surface area is 99.5 Å². The van der Waals surface area contributed by atoms with Gasteiger partial charge in [-0.05, 0) is 19.1 Å². The molecular weight excluding hydrogens is 240 g/mol. The zero-order chi connectivity index (χ0) is 12.3. The second-order valence-corrected chi connectivity index (χ2v) is 6.31. The molecule has 1 saturated heterocycles. The van der Waals surface area contributed by atoms with Gasteiger partial charge in [-0.1, -0.05) is 12.1 Å². The molecule has 17 heavy (non-hydrogen) atoms. The van der Waals surface area contributed by atoms with Crippen LogP contribution in [0.2, 0.25) is 0 Å². The van der Waals surface area contributed by atoms with Crippen LogP contribution in [0.3, 0.4) is 0 Å². The van der Waals surface area contributed by atoms with Crippen molar-refractivity contribution in [3.63, 3.8) is 0 Å². The summed E-state index contributed by atoms with van der Waals surface area (Å²) in [7, 11) is -3.55. The van der Waals surface area contributed by atoms with E-state index in [0.29, 0.717) is 24.5 Å². The Bertz CT molecular complexity index is 611. The fourth-order valence-corrected chi connectivity index (χ4v) is 3.47. The summed E-state index contributed by atoms with van der Waals surface area (Å²) in [5, 5.41) is 9.68. The van der Waals surface area contributed by atoms with Gasteiger partial charge in [0.25, 0.3) is 10.0 Å². The lowest BCUT2D eigenvalue weighted by Crippen LogP contribution is -2.61. The monoisotopic (exact) mass is 252 g/mol. The van der Waals surface area contributed by atoms with Gasteiger partial charge in [0.05, 0.1) is 5.60 Å². The zero-order valence-electron chi connectivity index (χ0n) is 9.29. The van der Waals surface area contributed by atoms with Crippen molar-refractivity contribution < 1.29 is 13.5 Å². The van der Waals surface area contributed by atoms with Crippen LogP contribution in [-0.2, 0) is 10.0 Å². The van der Waals surface area contributed by atoms with Crippen LogP contribution in [0.25, 0.3) is 0 Å². The van der Waals surface area contributed by atoms with Gasteiger partial charge < -0.3 is 10.0 Å². The summed E-state index contributed by atoms with van der Waals surface area (Å²) in [6.45, 7) is 2.55. The van der Waals surface area contributed by atoms with E-state index in [2.05, 4.69) is 4.40 Å². The van der Waals surface area contributed by atoms with E-state index in [1.54, 1.807) is 36.1 Å². The molecule has 1 aromatic carbocycles. The standard InChI is InChI=1S/C11H12N2O3S/c1-11(14)6-13(7-11)10-8-4-2-3-5-9(8)17(15,16)12-10/h2-5,14H,6-7H2,1H3. The van der Waals surface area contributed by atoms with Crippen molar-refractivity contribution in [2.75, 3.05) is 13.1 Å². The number of rotatable bonds is 0. The van der Waals surface area contributed by atoms with E-state index in [9.17, 15) is 13.5 Å². The summed E-state index contributed by atoms with van der Waals surface area (Å²) in [4.78, 5) is 2.03. The van der Waals surface area contributed by atoms with Crippen molar-refractivity contribution >= 4 is 15.9 Å². The zero-order valence-corrected chi connectivity index (χ0v) is 10.1.